The van der Waals surface area contributed by atoms with Gasteiger partial charge in [-0.2, -0.15) is 0 Å². The molecule has 3 unspecified atom stereocenters. The summed E-state index contributed by atoms with van der Waals surface area (Å²) in [5.41, 5.74) is 0. The van der Waals surface area contributed by atoms with Gasteiger partial charge in [-0.05, 0) is 18.8 Å². The molecule has 2 nitrogen and oxygen atoms in total. The van der Waals surface area contributed by atoms with E-state index >= 15 is 0 Å². The van der Waals surface area contributed by atoms with E-state index in [0.29, 0.717) is 11.8 Å². The monoisotopic (exact) mass is 178 g/mol. The molecule has 2 aliphatic rings. The molecular weight excluding hydrogens is 164 g/mol. The van der Waals surface area contributed by atoms with Crippen molar-refractivity contribution in [2.24, 2.45) is 11.8 Å². The third-order valence-electron chi connectivity index (χ3n) is 2.76. The average Bonchev–Trinajstić information content (AvgIpc) is 2.30. The van der Waals surface area contributed by atoms with Gasteiger partial charge in [0.2, 0.25) is 0 Å². The van der Waals surface area contributed by atoms with Crippen molar-refractivity contribution in [1.29, 1.82) is 0 Å². The van der Waals surface area contributed by atoms with Gasteiger partial charge in [-0.1, -0.05) is 24.3 Å². The molecule has 13 heavy (non-hydrogen) atoms. The number of fused-ring (bicyclic) bond motifs is 2. The maximum Gasteiger partial charge on any atom is 0.302 e. The van der Waals surface area contributed by atoms with Crippen molar-refractivity contribution >= 4 is 5.97 Å². The van der Waals surface area contributed by atoms with Crippen LogP contribution in [-0.4, -0.2) is 12.1 Å². The lowest BCUT2D eigenvalue weighted by Crippen LogP contribution is -2.19. The summed E-state index contributed by atoms with van der Waals surface area (Å²) in [6.07, 6.45) is 10.7. The number of carbonyl (C=O) groups excluding carboxylic acids is 1. The fourth-order valence-electron chi connectivity index (χ4n) is 2.21. The van der Waals surface area contributed by atoms with E-state index in [1.807, 2.05) is 0 Å². The van der Waals surface area contributed by atoms with Gasteiger partial charge in [0, 0.05) is 12.8 Å². The Morgan fingerprint density at radius 1 is 1.31 bits per heavy atom. The van der Waals surface area contributed by atoms with E-state index in [1.54, 1.807) is 0 Å². The van der Waals surface area contributed by atoms with E-state index in [1.165, 1.54) is 6.92 Å². The van der Waals surface area contributed by atoms with E-state index in [4.69, 9.17) is 4.74 Å². The van der Waals surface area contributed by atoms with E-state index in [-0.39, 0.29) is 12.1 Å². The van der Waals surface area contributed by atoms with Gasteiger partial charge in [0.1, 0.15) is 6.10 Å². The van der Waals surface area contributed by atoms with Gasteiger partial charge in [0.25, 0.3) is 0 Å². The summed E-state index contributed by atoms with van der Waals surface area (Å²) in [4.78, 5) is 10.8. The zero-order valence-electron chi connectivity index (χ0n) is 7.77. The molecule has 2 bridgehead atoms. The number of rotatable bonds is 1. The molecule has 2 heteroatoms. The predicted molar refractivity (Wildman–Crippen MR) is 50.0 cm³/mol. The third kappa shape index (κ3) is 1.82. The third-order valence-corrected chi connectivity index (χ3v) is 2.76. The lowest BCUT2D eigenvalue weighted by Gasteiger charge is -2.15. The molecule has 1 fully saturated rings. The van der Waals surface area contributed by atoms with Gasteiger partial charge in [0.15, 0.2) is 0 Å². The van der Waals surface area contributed by atoms with Crippen molar-refractivity contribution in [3.63, 3.8) is 0 Å². The number of carbonyl (C=O) groups is 1. The molecule has 0 amide bonds. The van der Waals surface area contributed by atoms with Crippen LogP contribution in [-0.2, 0) is 9.53 Å². The van der Waals surface area contributed by atoms with Crippen LogP contribution in [0.4, 0.5) is 0 Å². The molecule has 0 aliphatic heterocycles. The van der Waals surface area contributed by atoms with Crippen LogP contribution in [0, 0.1) is 11.8 Å². The van der Waals surface area contributed by atoms with Crippen LogP contribution in [0.1, 0.15) is 19.8 Å². The minimum atomic E-state index is -0.159. The minimum Gasteiger partial charge on any atom is -0.462 e. The zero-order chi connectivity index (χ0) is 9.26. The fourth-order valence-corrected chi connectivity index (χ4v) is 2.21. The fraction of sp³-hybridized carbons (Fsp3) is 0.545. The summed E-state index contributed by atoms with van der Waals surface area (Å²) in [7, 11) is 0. The molecule has 0 N–H and O–H groups in total. The van der Waals surface area contributed by atoms with Crippen LogP contribution in [0.3, 0.4) is 0 Å². The molecule has 2 aliphatic carbocycles. The second-order valence-corrected chi connectivity index (χ2v) is 3.81. The van der Waals surface area contributed by atoms with Crippen molar-refractivity contribution in [3.05, 3.63) is 24.3 Å². The van der Waals surface area contributed by atoms with Gasteiger partial charge < -0.3 is 4.74 Å². The van der Waals surface area contributed by atoms with Crippen LogP contribution in [0.2, 0.25) is 0 Å². The number of hydrogen-bond donors (Lipinski definition) is 0. The highest BCUT2D eigenvalue weighted by Gasteiger charge is 2.34. The van der Waals surface area contributed by atoms with Gasteiger partial charge >= 0.3 is 5.97 Å². The second-order valence-electron chi connectivity index (χ2n) is 3.81. The molecule has 0 radical (unpaired) electrons. The van der Waals surface area contributed by atoms with Crippen LogP contribution in [0.15, 0.2) is 24.3 Å². The number of esters is 1. The van der Waals surface area contributed by atoms with Gasteiger partial charge in [-0.15, -0.1) is 0 Å². The van der Waals surface area contributed by atoms with E-state index < -0.39 is 0 Å². The molecule has 2 rings (SSSR count). The highest BCUT2D eigenvalue weighted by molar-refractivity contribution is 5.66. The lowest BCUT2D eigenvalue weighted by atomic mass is 10.1. The highest BCUT2D eigenvalue weighted by Crippen LogP contribution is 2.36. The van der Waals surface area contributed by atoms with Gasteiger partial charge in [-0.25, -0.2) is 0 Å². The summed E-state index contributed by atoms with van der Waals surface area (Å²) in [6, 6.07) is 0. The summed E-state index contributed by atoms with van der Waals surface area (Å²) in [6.45, 7) is 1.48. The van der Waals surface area contributed by atoms with Crippen LogP contribution in [0.5, 0.6) is 0 Å². The smallest absolute Gasteiger partial charge is 0.302 e. The zero-order valence-corrected chi connectivity index (χ0v) is 7.77. The molecule has 0 spiro atoms. The summed E-state index contributed by atoms with van der Waals surface area (Å²) in [5.74, 6) is 0.877. The highest BCUT2D eigenvalue weighted by atomic mass is 16.5. The van der Waals surface area contributed by atoms with Crippen molar-refractivity contribution in [1.82, 2.24) is 0 Å². The Labute approximate surface area is 78.3 Å². The first-order valence-corrected chi connectivity index (χ1v) is 4.78. The van der Waals surface area contributed by atoms with Gasteiger partial charge in [0.05, 0.1) is 0 Å². The summed E-state index contributed by atoms with van der Waals surface area (Å²) < 4.78 is 5.26. The van der Waals surface area contributed by atoms with Crippen LogP contribution >= 0.6 is 0 Å². The second kappa shape index (κ2) is 3.36. The van der Waals surface area contributed by atoms with Crippen molar-refractivity contribution < 1.29 is 9.53 Å². The first kappa shape index (κ1) is 8.54. The number of ether oxygens (including phenoxy) is 1. The van der Waals surface area contributed by atoms with Crippen molar-refractivity contribution in [2.45, 2.75) is 25.9 Å². The summed E-state index contributed by atoms with van der Waals surface area (Å²) >= 11 is 0. The van der Waals surface area contributed by atoms with Crippen LogP contribution in [0.25, 0.3) is 0 Å². The van der Waals surface area contributed by atoms with Gasteiger partial charge in [-0.3, -0.25) is 4.79 Å². The Bertz CT molecular complexity index is 265. The Morgan fingerprint density at radius 2 is 2.08 bits per heavy atom. The SMILES string of the molecule is CC(=O)OC1CC2C=CC=CC1C2. The summed E-state index contributed by atoms with van der Waals surface area (Å²) in [5, 5.41) is 0. The molecule has 0 aromatic heterocycles. The standard InChI is InChI=1S/C11H14O2/c1-8(12)13-11-7-9-4-2-3-5-10(11)6-9/h2-5,9-11H,6-7H2,1H3. The maximum absolute atomic E-state index is 10.8. The number of allylic oxidation sites excluding steroid dienone is 3. The largest absolute Gasteiger partial charge is 0.462 e. The molecule has 3 atom stereocenters. The van der Waals surface area contributed by atoms with E-state index in [0.717, 1.165) is 12.8 Å². The van der Waals surface area contributed by atoms with Crippen molar-refractivity contribution in [2.75, 3.05) is 0 Å². The van der Waals surface area contributed by atoms with Crippen molar-refractivity contribution in [3.8, 4) is 0 Å². The Hall–Kier alpha value is -1.05. The first-order chi connectivity index (χ1) is 6.25. The number of hydrogen-bond acceptors (Lipinski definition) is 2. The van der Waals surface area contributed by atoms with E-state index in [9.17, 15) is 4.79 Å². The Morgan fingerprint density at radius 3 is 2.85 bits per heavy atom. The molecular formula is C11H14O2. The van der Waals surface area contributed by atoms with Crippen LogP contribution < -0.4 is 0 Å². The van der Waals surface area contributed by atoms with E-state index in [2.05, 4.69) is 24.3 Å². The molecule has 70 valence electrons. The molecule has 0 heterocycles. The Kier molecular flexibility index (Phi) is 2.21. The maximum atomic E-state index is 10.8. The first-order valence-electron chi connectivity index (χ1n) is 4.78. The minimum absolute atomic E-state index is 0.115. The quantitative estimate of drug-likeness (QED) is 0.574. The molecule has 0 saturated heterocycles. The molecule has 0 aromatic rings. The lowest BCUT2D eigenvalue weighted by molar-refractivity contribution is -0.147. The normalized spacial score (nSPS) is 35.9. The topological polar surface area (TPSA) is 26.3 Å². The average molecular weight is 178 g/mol. The Balaban J connectivity index is 2.05. The molecule has 1 saturated carbocycles. The predicted octanol–water partition coefficient (Wildman–Crippen LogP) is 2.07. The molecule has 0 aromatic carbocycles.